The molecule has 1 aromatic carbocycles. The molecule has 1 aliphatic heterocycles. The highest BCUT2D eigenvalue weighted by Gasteiger charge is 2.23. The van der Waals surface area contributed by atoms with E-state index in [1.165, 1.54) is 0 Å². The summed E-state index contributed by atoms with van der Waals surface area (Å²) >= 11 is 0. The van der Waals surface area contributed by atoms with Crippen LogP contribution < -0.4 is 5.32 Å². The van der Waals surface area contributed by atoms with Gasteiger partial charge in [0, 0.05) is 24.4 Å². The largest absolute Gasteiger partial charge is 0.356 e. The number of hydrogen-bond acceptors (Lipinski definition) is 5. The van der Waals surface area contributed by atoms with Crippen LogP contribution >= 0.6 is 0 Å². The summed E-state index contributed by atoms with van der Waals surface area (Å²) in [5.41, 5.74) is 1.38. The average Bonchev–Trinajstić information content (AvgIpc) is 3.12. The molecule has 0 aliphatic carbocycles. The molecule has 4 rings (SSSR count). The summed E-state index contributed by atoms with van der Waals surface area (Å²) in [7, 11) is 0. The highest BCUT2D eigenvalue weighted by Crippen LogP contribution is 2.19. The van der Waals surface area contributed by atoms with E-state index < -0.39 is 0 Å². The number of hydrogen-bond donors (Lipinski definition) is 1. The molecule has 2 aromatic heterocycles. The molecule has 7 heteroatoms. The second-order valence-corrected chi connectivity index (χ2v) is 5.88. The van der Waals surface area contributed by atoms with Gasteiger partial charge < -0.3 is 14.4 Å². The number of carbonyl (C=O) groups excluding carboxylic acids is 1. The Kier molecular flexibility index (Phi) is 3.33. The second kappa shape index (κ2) is 5.49. The first kappa shape index (κ1) is 13.9. The van der Waals surface area contributed by atoms with Crippen LogP contribution in [0, 0.1) is 6.92 Å². The van der Waals surface area contributed by atoms with Crippen LogP contribution in [0.4, 0.5) is 0 Å². The van der Waals surface area contributed by atoms with Crippen LogP contribution in [0.15, 0.2) is 28.8 Å². The maximum atomic E-state index is 12.3. The average molecular weight is 311 g/mol. The van der Waals surface area contributed by atoms with Crippen LogP contribution in [-0.2, 0) is 24.2 Å². The number of aromatic nitrogens is 4. The Morgan fingerprint density at radius 3 is 3.17 bits per heavy atom. The van der Waals surface area contributed by atoms with Crippen molar-refractivity contribution in [1.82, 2.24) is 25.2 Å². The summed E-state index contributed by atoms with van der Waals surface area (Å²) in [6.07, 6.45) is 1.93. The molecular weight excluding hydrogens is 294 g/mol. The van der Waals surface area contributed by atoms with Crippen LogP contribution in [0.3, 0.4) is 0 Å². The van der Waals surface area contributed by atoms with Crippen molar-refractivity contribution < 1.29 is 9.32 Å². The molecule has 0 spiro atoms. The lowest BCUT2D eigenvalue weighted by Gasteiger charge is -2.24. The van der Waals surface area contributed by atoms with Crippen molar-refractivity contribution in [1.29, 1.82) is 0 Å². The van der Waals surface area contributed by atoms with E-state index in [0.717, 1.165) is 36.4 Å². The maximum absolute atomic E-state index is 12.3. The zero-order valence-electron chi connectivity index (χ0n) is 12.8. The Labute approximate surface area is 132 Å². The van der Waals surface area contributed by atoms with Crippen molar-refractivity contribution in [2.45, 2.75) is 38.8 Å². The van der Waals surface area contributed by atoms with Crippen molar-refractivity contribution in [2.24, 2.45) is 0 Å². The fourth-order valence-electron chi connectivity index (χ4n) is 3.08. The molecule has 1 aliphatic rings. The van der Waals surface area contributed by atoms with Gasteiger partial charge in [0.1, 0.15) is 17.3 Å². The zero-order chi connectivity index (χ0) is 15.8. The molecule has 0 saturated carbocycles. The van der Waals surface area contributed by atoms with Gasteiger partial charge in [0.15, 0.2) is 5.58 Å². The minimum atomic E-state index is -0.0387. The van der Waals surface area contributed by atoms with Gasteiger partial charge in [-0.1, -0.05) is 17.3 Å². The van der Waals surface area contributed by atoms with E-state index >= 15 is 0 Å². The van der Waals surface area contributed by atoms with Gasteiger partial charge in [-0.3, -0.25) is 4.79 Å². The van der Waals surface area contributed by atoms with Crippen molar-refractivity contribution in [3.05, 3.63) is 41.6 Å². The van der Waals surface area contributed by atoms with Gasteiger partial charge in [0.05, 0.1) is 6.42 Å². The number of fused-ring (bicyclic) bond motifs is 2. The standard InChI is InChI=1S/C16H17N5O2/c1-10-18-19-15-7-6-11(9-21(10)15)17-16(22)8-13-12-4-2-3-5-14(12)23-20-13/h2-5,11H,6-9H2,1H3,(H,17,22)/t11-/m0/s1. The summed E-state index contributed by atoms with van der Waals surface area (Å²) in [4.78, 5) is 12.3. The molecular formula is C16H17N5O2. The second-order valence-electron chi connectivity index (χ2n) is 5.88. The minimum absolute atomic E-state index is 0.0387. The molecule has 3 heterocycles. The monoisotopic (exact) mass is 311 g/mol. The van der Waals surface area contributed by atoms with E-state index in [1.807, 2.05) is 31.2 Å². The Morgan fingerprint density at radius 2 is 2.26 bits per heavy atom. The fourth-order valence-corrected chi connectivity index (χ4v) is 3.08. The Balaban J connectivity index is 1.44. The molecule has 0 unspecified atom stereocenters. The van der Waals surface area contributed by atoms with Gasteiger partial charge in [0.2, 0.25) is 5.91 Å². The number of amides is 1. The van der Waals surface area contributed by atoms with Crippen LogP contribution in [0.2, 0.25) is 0 Å². The zero-order valence-corrected chi connectivity index (χ0v) is 12.8. The van der Waals surface area contributed by atoms with Crippen LogP contribution in [0.5, 0.6) is 0 Å². The van der Waals surface area contributed by atoms with Crippen molar-refractivity contribution >= 4 is 16.9 Å². The molecule has 0 radical (unpaired) electrons. The van der Waals surface area contributed by atoms with E-state index in [1.54, 1.807) is 0 Å². The Hall–Kier alpha value is -2.70. The van der Waals surface area contributed by atoms with Gasteiger partial charge in [-0.25, -0.2) is 0 Å². The third kappa shape index (κ3) is 2.58. The highest BCUT2D eigenvalue weighted by atomic mass is 16.5. The predicted octanol–water partition coefficient (Wildman–Crippen LogP) is 1.40. The lowest BCUT2D eigenvalue weighted by Crippen LogP contribution is -2.42. The smallest absolute Gasteiger partial charge is 0.226 e. The third-order valence-corrected chi connectivity index (χ3v) is 4.28. The van der Waals surface area contributed by atoms with Crippen LogP contribution in [-0.4, -0.2) is 31.9 Å². The van der Waals surface area contributed by atoms with E-state index in [4.69, 9.17) is 4.52 Å². The molecule has 1 N–H and O–H groups in total. The number of benzene rings is 1. The van der Waals surface area contributed by atoms with Gasteiger partial charge >= 0.3 is 0 Å². The Morgan fingerprint density at radius 1 is 1.39 bits per heavy atom. The van der Waals surface area contributed by atoms with Crippen molar-refractivity contribution in [3.8, 4) is 0 Å². The summed E-state index contributed by atoms with van der Waals surface area (Å²) in [6, 6.07) is 7.67. The van der Waals surface area contributed by atoms with E-state index in [9.17, 15) is 4.79 Å². The van der Waals surface area contributed by atoms with Gasteiger partial charge in [0.25, 0.3) is 0 Å². The number of carbonyl (C=O) groups is 1. The number of rotatable bonds is 3. The highest BCUT2D eigenvalue weighted by molar-refractivity contribution is 5.86. The number of nitrogens with zero attached hydrogens (tertiary/aromatic N) is 4. The first-order valence-corrected chi connectivity index (χ1v) is 7.72. The predicted molar refractivity (Wildman–Crippen MR) is 82.7 cm³/mol. The summed E-state index contributed by atoms with van der Waals surface area (Å²) in [6.45, 7) is 2.65. The fraction of sp³-hybridized carbons (Fsp3) is 0.375. The molecule has 3 aromatic rings. The van der Waals surface area contributed by atoms with E-state index in [2.05, 4.69) is 25.2 Å². The molecule has 1 atom stereocenters. The van der Waals surface area contributed by atoms with Crippen LogP contribution in [0.1, 0.15) is 23.8 Å². The maximum Gasteiger partial charge on any atom is 0.226 e. The SMILES string of the molecule is Cc1nnc2n1C[C@@H](NC(=O)Cc1noc3ccccc13)CC2. The molecule has 0 fully saturated rings. The first-order valence-electron chi connectivity index (χ1n) is 7.72. The van der Waals surface area contributed by atoms with Crippen molar-refractivity contribution in [3.63, 3.8) is 0 Å². The lowest BCUT2D eigenvalue weighted by molar-refractivity contribution is -0.121. The van der Waals surface area contributed by atoms with Crippen LogP contribution in [0.25, 0.3) is 11.0 Å². The Bertz CT molecular complexity index is 866. The van der Waals surface area contributed by atoms with Crippen molar-refractivity contribution in [2.75, 3.05) is 0 Å². The third-order valence-electron chi connectivity index (χ3n) is 4.28. The summed E-state index contributed by atoms with van der Waals surface area (Å²) < 4.78 is 7.31. The van der Waals surface area contributed by atoms with Gasteiger partial charge in [-0.15, -0.1) is 10.2 Å². The topological polar surface area (TPSA) is 85.8 Å². The molecule has 0 saturated heterocycles. The number of nitrogens with one attached hydrogen (secondary N) is 1. The number of aryl methyl sites for hydroxylation is 2. The molecule has 118 valence electrons. The molecule has 0 bridgehead atoms. The molecule has 7 nitrogen and oxygen atoms in total. The van der Waals surface area contributed by atoms with E-state index in [-0.39, 0.29) is 18.4 Å². The first-order chi connectivity index (χ1) is 11.2. The lowest BCUT2D eigenvalue weighted by atomic mass is 10.1. The molecule has 1 amide bonds. The van der Waals surface area contributed by atoms with Gasteiger partial charge in [-0.2, -0.15) is 0 Å². The normalized spacial score (nSPS) is 17.2. The quantitative estimate of drug-likeness (QED) is 0.790. The number of para-hydroxylation sites is 1. The molecule has 23 heavy (non-hydrogen) atoms. The van der Waals surface area contributed by atoms with Gasteiger partial charge in [-0.05, 0) is 25.5 Å². The minimum Gasteiger partial charge on any atom is -0.356 e. The summed E-state index contributed by atoms with van der Waals surface area (Å²) in [5.74, 6) is 1.85. The summed E-state index contributed by atoms with van der Waals surface area (Å²) in [5, 5.41) is 16.2. The van der Waals surface area contributed by atoms with E-state index in [0.29, 0.717) is 11.3 Å².